The van der Waals surface area contributed by atoms with Crippen molar-refractivity contribution in [3.8, 4) is 0 Å². The molecule has 0 aliphatic heterocycles. The number of rotatable bonds is 12. The third-order valence-corrected chi connectivity index (χ3v) is 9.08. The van der Waals surface area contributed by atoms with Crippen molar-refractivity contribution in [3.63, 3.8) is 0 Å². The average Bonchev–Trinajstić information content (AvgIpc) is 3.03. The fourth-order valence-corrected chi connectivity index (χ4v) is 6.03. The maximum Gasteiger partial charge on any atom is 0.460 e. The number of halogens is 36. The average molecular weight is 988 g/mol. The van der Waals surface area contributed by atoms with E-state index in [2.05, 4.69) is 0 Å². The molecule has 4 aliphatic carbocycles. The highest BCUT2D eigenvalue weighted by Crippen LogP contribution is 2.90. The van der Waals surface area contributed by atoms with Crippen LogP contribution in [0, 0.1) is 0 Å². The largest absolute Gasteiger partial charge is 0.460 e. The van der Waals surface area contributed by atoms with E-state index in [0.717, 1.165) is 9.47 Å². The summed E-state index contributed by atoms with van der Waals surface area (Å²) in [5.41, 5.74) is -39.5. The number of hydrogen-bond donors (Lipinski definition) is 0. The van der Waals surface area contributed by atoms with Crippen molar-refractivity contribution in [1.82, 2.24) is 0 Å². The zero-order valence-corrected chi connectivity index (χ0v) is 25.2. The van der Waals surface area contributed by atoms with Gasteiger partial charge in [-0.3, -0.25) is 9.47 Å². The van der Waals surface area contributed by atoms with Crippen LogP contribution in [0.5, 0.6) is 0 Å². The summed E-state index contributed by atoms with van der Waals surface area (Å²) in [6, 6.07) is 0. The van der Waals surface area contributed by atoms with Gasteiger partial charge in [-0.1, -0.05) is 0 Å². The van der Waals surface area contributed by atoms with E-state index < -0.39 is 118 Å². The molecule has 40 heteroatoms. The molecule has 0 spiro atoms. The monoisotopic (exact) mass is 988 g/mol. The second kappa shape index (κ2) is 11.7. The van der Waals surface area contributed by atoms with Gasteiger partial charge < -0.3 is 0 Å². The quantitative estimate of drug-likeness (QED) is 0.183. The summed E-state index contributed by atoms with van der Waals surface area (Å²) in [6.07, 6.45) is -36.5. The lowest BCUT2D eigenvalue weighted by Crippen LogP contribution is -3.11. The number of ether oxygens (including phenoxy) is 2. The Balaban J connectivity index is 2.74. The molecular formula is C20F36O4. The van der Waals surface area contributed by atoms with Crippen molar-refractivity contribution in [2.24, 2.45) is 0 Å². The summed E-state index contributed by atoms with van der Waals surface area (Å²) in [6.45, 7) is 0. The third-order valence-electron chi connectivity index (χ3n) is 9.08. The number of alkyl halides is 34. The summed E-state index contributed by atoms with van der Waals surface area (Å²) in [5, 5.41) is 0. The molecule has 4 aliphatic rings. The van der Waals surface area contributed by atoms with Crippen molar-refractivity contribution < 1.29 is 178 Å². The highest BCUT2D eigenvalue weighted by molar-refractivity contribution is 5.55. The Morgan fingerprint density at radius 1 is 0.267 bits per heavy atom. The molecule has 0 aromatic rings. The molecule has 4 bridgehead atoms. The molecular weight excluding hydrogens is 988 g/mol. The minimum absolute atomic E-state index is 0.559. The fraction of sp³-hybridized carbons (Fsp3) is 1.00. The van der Waals surface area contributed by atoms with Gasteiger partial charge in [-0.2, -0.15) is 140 Å². The molecule has 60 heavy (non-hydrogen) atoms. The van der Waals surface area contributed by atoms with Crippen LogP contribution in [-0.4, -0.2) is 118 Å². The maximum absolute atomic E-state index is 15.9. The second-order valence-corrected chi connectivity index (χ2v) is 12.0. The van der Waals surface area contributed by atoms with E-state index in [-0.39, 0.29) is 0 Å². The van der Waals surface area contributed by atoms with E-state index >= 15 is 52.7 Å². The smallest absolute Gasteiger partial charge is 0.289 e. The standard InChI is InChI=1S/C20F36O4/c21-1-5(23,24)2(22)8(29,30)3(6(1,25)26,57-19(51,52)15(43,59-55)11(35,36)13(39,40)17(45,46)47)10(33,34)4(7(1,27)28,9(2,31)32)58-20(53,54)16(44,60-56)12(37,38)14(41,42)18(48,49)50. The lowest BCUT2D eigenvalue weighted by atomic mass is 9.39. The maximum atomic E-state index is 15.9. The lowest BCUT2D eigenvalue weighted by Gasteiger charge is -2.76. The Labute approximate surface area is 297 Å². The molecule has 0 aromatic heterocycles. The van der Waals surface area contributed by atoms with Crippen molar-refractivity contribution in [2.75, 3.05) is 0 Å². The van der Waals surface area contributed by atoms with Crippen molar-refractivity contribution in [1.29, 1.82) is 0 Å². The normalized spacial score (nSPS) is 34.6. The summed E-state index contributed by atoms with van der Waals surface area (Å²) in [7, 11) is 0. The molecule has 0 saturated heterocycles. The van der Waals surface area contributed by atoms with Gasteiger partial charge in [0.05, 0.1) is 0 Å². The van der Waals surface area contributed by atoms with Gasteiger partial charge in [0.1, 0.15) is 0 Å². The molecule has 4 rings (SSSR count). The molecule has 0 amide bonds. The van der Waals surface area contributed by atoms with Crippen LogP contribution < -0.4 is 0 Å². The van der Waals surface area contributed by atoms with E-state index in [0.29, 0.717) is 9.88 Å². The van der Waals surface area contributed by atoms with Gasteiger partial charge in [0.25, 0.3) is 11.2 Å². The van der Waals surface area contributed by atoms with E-state index in [1.54, 1.807) is 0 Å². The topological polar surface area (TPSA) is 36.9 Å². The van der Waals surface area contributed by atoms with Crippen LogP contribution in [0.1, 0.15) is 0 Å². The fourth-order valence-electron chi connectivity index (χ4n) is 6.03. The van der Waals surface area contributed by atoms with Gasteiger partial charge in [-0.15, -0.1) is 9.88 Å². The van der Waals surface area contributed by atoms with Crippen LogP contribution >= 0.6 is 0 Å². The molecule has 0 N–H and O–H groups in total. The van der Waals surface area contributed by atoms with Crippen LogP contribution in [0.25, 0.3) is 0 Å². The van der Waals surface area contributed by atoms with Crippen LogP contribution in [0.4, 0.5) is 158 Å². The summed E-state index contributed by atoms with van der Waals surface area (Å²) < 4.78 is 517. The molecule has 356 valence electrons. The Hall–Kier alpha value is -2.68. The Bertz CT molecular complexity index is 1570. The van der Waals surface area contributed by atoms with Crippen molar-refractivity contribution in [3.05, 3.63) is 0 Å². The SMILES string of the molecule is FOC(F)(C(F)(F)OC12C(F)(F)C3(F)C(F)(F)C(F)(C1(F)F)C(F)(F)C(OC(F)(F)C(F)(OF)C(F)(F)C(F)(F)C(F)(F)F)(C3(F)F)C2(F)F)C(F)(F)C(F)(F)C(F)(F)F. The summed E-state index contributed by atoms with van der Waals surface area (Å²) in [5.74, 6) is -115. The minimum Gasteiger partial charge on any atom is -0.289 e. The summed E-state index contributed by atoms with van der Waals surface area (Å²) >= 11 is 0. The minimum atomic E-state index is -10.2. The Morgan fingerprint density at radius 3 is 0.633 bits per heavy atom. The van der Waals surface area contributed by atoms with Gasteiger partial charge in [0.15, 0.2) is 0 Å². The second-order valence-electron chi connectivity index (χ2n) is 12.0. The van der Waals surface area contributed by atoms with Crippen LogP contribution in [-0.2, 0) is 19.4 Å². The van der Waals surface area contributed by atoms with Crippen LogP contribution in [0.3, 0.4) is 0 Å². The van der Waals surface area contributed by atoms with Crippen LogP contribution in [0.2, 0.25) is 0 Å². The van der Waals surface area contributed by atoms with Gasteiger partial charge >= 0.3 is 107 Å². The first-order valence-electron chi connectivity index (χ1n) is 13.0. The molecule has 0 radical (unpaired) electrons. The first kappa shape index (κ1) is 51.7. The zero-order valence-electron chi connectivity index (χ0n) is 25.2. The molecule has 0 heterocycles. The van der Waals surface area contributed by atoms with E-state index in [9.17, 15) is 106 Å². The van der Waals surface area contributed by atoms with Gasteiger partial charge in [-0.05, 0) is 9.05 Å². The predicted octanol–water partition coefficient (Wildman–Crippen LogP) is 10.8. The molecule has 2 atom stereocenters. The first-order valence-corrected chi connectivity index (χ1v) is 13.0. The lowest BCUT2D eigenvalue weighted by molar-refractivity contribution is -0.663. The van der Waals surface area contributed by atoms with Gasteiger partial charge in [0, 0.05) is 0 Å². The molecule has 4 saturated carbocycles. The van der Waals surface area contributed by atoms with Gasteiger partial charge in [0.2, 0.25) is 0 Å². The molecule has 4 fully saturated rings. The highest BCUT2D eigenvalue weighted by atomic mass is 19.4. The predicted molar refractivity (Wildman–Crippen MR) is 98.8 cm³/mol. The zero-order chi connectivity index (χ0) is 48.8. The van der Waals surface area contributed by atoms with E-state index in [4.69, 9.17) is 0 Å². The van der Waals surface area contributed by atoms with Crippen LogP contribution in [0.15, 0.2) is 0 Å². The molecule has 2 unspecified atom stereocenters. The molecule has 4 nitrogen and oxygen atoms in total. The highest BCUT2D eigenvalue weighted by Gasteiger charge is 3.24. The Kier molecular flexibility index (Phi) is 10.1. The van der Waals surface area contributed by atoms with Crippen molar-refractivity contribution >= 4 is 0 Å². The van der Waals surface area contributed by atoms with E-state index in [1.807, 2.05) is 0 Å². The first-order chi connectivity index (χ1) is 25.5. The van der Waals surface area contributed by atoms with E-state index in [1.165, 1.54) is 0 Å². The van der Waals surface area contributed by atoms with Crippen molar-refractivity contribution in [2.45, 2.75) is 118 Å². The number of hydrogen-bond acceptors (Lipinski definition) is 4. The summed E-state index contributed by atoms with van der Waals surface area (Å²) in [4.78, 5) is 1.12. The Morgan fingerprint density at radius 2 is 0.467 bits per heavy atom. The van der Waals surface area contributed by atoms with Gasteiger partial charge in [-0.25, -0.2) is 8.78 Å². The molecule has 0 aromatic carbocycles. The third kappa shape index (κ3) is 4.28.